The van der Waals surface area contributed by atoms with Crippen molar-refractivity contribution in [3.8, 4) is 11.5 Å². The van der Waals surface area contributed by atoms with Gasteiger partial charge >= 0.3 is 0 Å². The second kappa shape index (κ2) is 34.8. The zero-order valence-corrected chi connectivity index (χ0v) is 62.5. The molecule has 0 unspecified atom stereocenters. The van der Waals surface area contributed by atoms with E-state index in [1.165, 1.54) is 50.3 Å². The zero-order valence-electron chi connectivity index (χ0n) is 58.4. The van der Waals surface area contributed by atoms with Crippen LogP contribution in [-0.4, -0.2) is 146 Å². The van der Waals surface area contributed by atoms with Crippen molar-refractivity contribution in [3.63, 3.8) is 0 Å². The Morgan fingerprint density at radius 3 is 1.28 bits per heavy atom. The van der Waals surface area contributed by atoms with E-state index in [1.807, 2.05) is 39.8 Å². The van der Waals surface area contributed by atoms with Gasteiger partial charge in [0, 0.05) is 81.1 Å². The third-order valence-corrected chi connectivity index (χ3v) is 22.1. The largest absolute Gasteiger partial charge is 0.494 e. The number of nitrogens with one attached hydrogen (secondary N) is 4. The maximum absolute atomic E-state index is 13.9. The summed E-state index contributed by atoms with van der Waals surface area (Å²) in [5, 5.41) is 32.6. The lowest BCUT2D eigenvalue weighted by Gasteiger charge is -2.27. The van der Waals surface area contributed by atoms with E-state index in [4.69, 9.17) is 54.9 Å². The van der Waals surface area contributed by atoms with Gasteiger partial charge in [-0.3, -0.25) is 28.3 Å². The van der Waals surface area contributed by atoms with Crippen molar-refractivity contribution in [2.75, 3.05) is 107 Å². The summed E-state index contributed by atoms with van der Waals surface area (Å²) >= 11 is 3.83. The van der Waals surface area contributed by atoms with Crippen LogP contribution in [0.3, 0.4) is 0 Å². The Labute approximate surface area is 610 Å². The van der Waals surface area contributed by atoms with Crippen LogP contribution in [-0.2, 0) is 39.4 Å². The molecule has 0 radical (unpaired) electrons. The van der Waals surface area contributed by atoms with E-state index in [0.29, 0.717) is 113 Å². The highest BCUT2D eigenvalue weighted by atomic mass is 32.2. The van der Waals surface area contributed by atoms with E-state index in [2.05, 4.69) is 40.9 Å². The molecule has 103 heavy (non-hydrogen) atoms. The van der Waals surface area contributed by atoms with E-state index >= 15 is 0 Å². The number of thiazole rings is 2. The van der Waals surface area contributed by atoms with Gasteiger partial charge in [-0.25, -0.2) is 0 Å². The van der Waals surface area contributed by atoms with Gasteiger partial charge in [-0.2, -0.15) is 41.8 Å². The number of azo groups is 2. The van der Waals surface area contributed by atoms with Crippen molar-refractivity contribution < 1.29 is 54.6 Å². The Morgan fingerprint density at radius 2 is 0.932 bits per heavy atom. The van der Waals surface area contributed by atoms with Gasteiger partial charge in [0.05, 0.1) is 67.7 Å². The lowest BCUT2D eigenvalue weighted by Crippen LogP contribution is -2.30. The molecule has 0 atom stereocenters. The van der Waals surface area contributed by atoms with Gasteiger partial charge in [-0.1, -0.05) is 53.7 Å². The summed E-state index contributed by atoms with van der Waals surface area (Å²) in [4.78, 5) is 88.1. The number of anilines is 10. The molecular weight excluding hydrogens is 1420 g/mol. The fraction of sp³-hybridized carbons (Fsp3) is 0.406. The van der Waals surface area contributed by atoms with E-state index in [9.17, 15) is 45.1 Å². The highest BCUT2D eigenvalue weighted by molar-refractivity contribution is 7.99. The molecule has 34 heteroatoms. The minimum absolute atomic E-state index is 0.157. The summed E-state index contributed by atoms with van der Waals surface area (Å²) in [5.41, 5.74) is 3.01. The number of carbonyl (C=O) groups is 4. The van der Waals surface area contributed by atoms with Gasteiger partial charge < -0.3 is 50.3 Å². The van der Waals surface area contributed by atoms with Crippen LogP contribution in [0.2, 0.25) is 0 Å². The van der Waals surface area contributed by atoms with Crippen LogP contribution < -0.4 is 50.3 Å². The normalized spacial score (nSPS) is 15.0. The summed E-state index contributed by atoms with van der Waals surface area (Å²) in [6, 6.07) is 17.1. The molecule has 7 aromatic rings. The molecule has 10 rings (SSSR count). The first-order chi connectivity index (χ1) is 49.4. The maximum Gasteiger partial charge on any atom is 0.294 e. The van der Waals surface area contributed by atoms with Gasteiger partial charge in [-0.15, -0.1) is 20.5 Å². The number of thioether (sulfide) groups is 1. The molecule has 3 aromatic heterocycles. The zero-order chi connectivity index (χ0) is 73.5. The number of ether oxygens (including phenoxy) is 2. The van der Waals surface area contributed by atoms with Crippen LogP contribution in [0, 0.1) is 0 Å². The summed E-state index contributed by atoms with van der Waals surface area (Å²) in [6.45, 7) is 15.9. The fourth-order valence-electron chi connectivity index (χ4n) is 12.0. The summed E-state index contributed by atoms with van der Waals surface area (Å²) in [7, 11) is -5.83. The quantitative estimate of drug-likeness (QED) is 0.00800. The van der Waals surface area contributed by atoms with Gasteiger partial charge in [-0.05, 0) is 166 Å². The molecule has 29 nitrogen and oxygen atoms in total. The number of hydrogen-bond acceptors (Lipinski definition) is 28. The molecule has 1 aliphatic carbocycles. The molecule has 3 aliphatic rings. The minimum Gasteiger partial charge on any atom is -0.494 e. The smallest absolute Gasteiger partial charge is 0.294 e. The van der Waals surface area contributed by atoms with Crippen molar-refractivity contribution in [2.24, 2.45) is 20.5 Å². The number of amides is 2. The maximum atomic E-state index is 13.9. The second-order valence-electron chi connectivity index (χ2n) is 24.3. The molecule has 5 heterocycles. The van der Waals surface area contributed by atoms with Crippen molar-refractivity contribution in [2.45, 2.75) is 132 Å². The van der Waals surface area contributed by atoms with Crippen LogP contribution in [0.5, 0.6) is 11.5 Å². The Hall–Kier alpha value is -9.32. The number of benzene rings is 4. The Bertz CT molecular complexity index is 4320. The molecule has 546 valence electrons. The molecule has 3 fully saturated rings. The van der Waals surface area contributed by atoms with Crippen molar-refractivity contribution >= 4 is 169 Å². The van der Waals surface area contributed by atoms with Gasteiger partial charge in [0.15, 0.2) is 16.7 Å². The van der Waals surface area contributed by atoms with Crippen LogP contribution in [0.25, 0.3) is 12.2 Å². The third-order valence-electron chi connectivity index (χ3n) is 17.4. The van der Waals surface area contributed by atoms with E-state index < -0.39 is 43.6 Å². The molecule has 6 N–H and O–H groups in total. The number of Topliss-reactive ketones (excluding diaryl/α,β-unsaturated/α-hetero) is 2. The average Bonchev–Trinajstić information content (AvgIpc) is 1.52. The first-order valence-corrected chi connectivity index (χ1v) is 39.3. The van der Waals surface area contributed by atoms with Crippen molar-refractivity contribution in [3.05, 3.63) is 93.7 Å². The van der Waals surface area contributed by atoms with Gasteiger partial charge in [0.25, 0.3) is 32.1 Å². The van der Waals surface area contributed by atoms with E-state index in [-0.39, 0.29) is 59.7 Å². The summed E-state index contributed by atoms with van der Waals surface area (Å²) in [6.07, 6.45) is 13.7. The van der Waals surface area contributed by atoms with Crippen LogP contribution in [0.15, 0.2) is 119 Å². The van der Waals surface area contributed by atoms with Crippen LogP contribution in [0.1, 0.15) is 122 Å². The number of methoxy groups -OCH3 is 2. The van der Waals surface area contributed by atoms with E-state index in [1.54, 1.807) is 38.1 Å². The Balaban J connectivity index is 1.04. The Kier molecular flexibility index (Phi) is 25.8. The number of hydrogen-bond donors (Lipinski definition) is 6. The lowest BCUT2D eigenvalue weighted by atomic mass is 10.0. The van der Waals surface area contributed by atoms with Crippen molar-refractivity contribution in [1.82, 2.24) is 24.9 Å². The predicted octanol–water partition coefficient (Wildman–Crippen LogP) is 14.9. The topological polar surface area (TPSA) is 370 Å². The molecule has 4 aromatic carbocycles. The molecule has 2 saturated heterocycles. The first-order valence-electron chi connectivity index (χ1n) is 33.9. The molecular formula is C69H83N17O12S5. The lowest BCUT2D eigenvalue weighted by molar-refractivity contribution is -0.120. The first kappa shape index (κ1) is 76.3. The number of piperidine rings is 2. The molecule has 0 spiro atoms. The van der Waals surface area contributed by atoms with Crippen LogP contribution >= 0.6 is 34.4 Å². The molecule has 1 saturated carbocycles. The average molecular weight is 1500 g/mol. The molecule has 2 aliphatic heterocycles. The molecule has 2 amide bonds. The number of rotatable bonds is 30. The second-order valence-corrected chi connectivity index (χ2v) is 30.4. The Morgan fingerprint density at radius 1 is 0.553 bits per heavy atom. The third kappa shape index (κ3) is 19.7. The highest BCUT2D eigenvalue weighted by Crippen LogP contribution is 2.45. The predicted molar refractivity (Wildman–Crippen MR) is 404 cm³/mol. The summed E-state index contributed by atoms with van der Waals surface area (Å²) < 4.78 is 78.0. The van der Waals surface area contributed by atoms with Gasteiger partial charge in [0.2, 0.25) is 22.2 Å². The number of nitrogens with zero attached hydrogens (tertiary/aromatic N) is 13. The number of ketones is 2. The van der Waals surface area contributed by atoms with Crippen molar-refractivity contribution in [1.29, 1.82) is 0 Å². The van der Waals surface area contributed by atoms with E-state index in [0.717, 1.165) is 129 Å². The molecule has 0 bridgehead atoms. The standard InChI is InChI=1S/C69H83N17O12S5/c1-9-83(10-2)55-38-51(53(40-57(55)97-7)79-81-68-74-61(85-32-18-14-19-33-85)59(100-68)36-49(42(5)87)63(89)70-44-24-28-47(29-25-44)102(91,92)93)72-65-76-66(78-67(77-65)99-46-22-16-13-17-23-46)73-52-39-56(84(11-3)12-4)58(98-8)41-54(52)80-82-69-75-62(86-34-20-15-21-35-86)60(101-69)37-50(43(6)88)64(90)71-45-26-30-48(31-27-45)103(94,95)96/h24-31,36-41,46H,9-23,32-35H2,1-8H3,(H,70,89)(H,71,90)(H,91,92,93)(H,94,95,96)(H2,72,73,76,77,78)/b49-36-,50-37+,81-79+,82-80+. The summed E-state index contributed by atoms with van der Waals surface area (Å²) in [5.74, 6) is -0.221. The number of carbonyl (C=O) groups excluding carboxylic acids is 4. The number of aromatic nitrogens is 5. The van der Waals surface area contributed by atoms with Gasteiger partial charge in [0.1, 0.15) is 34.5 Å². The SMILES string of the molecule is CCN(CC)c1cc(Nc2nc(Nc3cc(N(CC)CC)c(OC)cc3/N=N/c3nc(N4CCCCC4)c(/C=C(\C(C)=O)C(=O)Nc4ccc(S(=O)(=O)O)cc4)s3)nc(SC3CCCCC3)n2)c(/N=N/c2nc(N3CCCCC3)c(/C=C(/C(C)=O)C(=O)Nc3ccc(S(=O)(=O)O)cc3)s2)cc1OC. The monoisotopic (exact) mass is 1500 g/mol. The fourth-order valence-corrected chi connectivity index (χ4v) is 15.8. The highest BCUT2D eigenvalue weighted by Gasteiger charge is 2.28. The minimum atomic E-state index is -4.49. The van der Waals surface area contributed by atoms with Crippen LogP contribution in [0.4, 0.5) is 79.3 Å².